The van der Waals surface area contributed by atoms with Crippen LogP contribution in [0.5, 0.6) is 0 Å². The zero-order valence-corrected chi connectivity index (χ0v) is 15.2. The smallest absolute Gasteiger partial charge is 0.267 e. The van der Waals surface area contributed by atoms with Crippen molar-refractivity contribution in [3.05, 3.63) is 111 Å². The second-order valence-electron chi connectivity index (χ2n) is 6.35. The normalized spacial score (nSPS) is 11.0. The molecule has 0 aliphatic rings. The average Bonchev–Trinajstić information content (AvgIpc) is 2.69. The van der Waals surface area contributed by atoms with Crippen LogP contribution in [0.15, 0.2) is 77.6 Å². The van der Waals surface area contributed by atoms with Crippen molar-refractivity contribution >= 4 is 22.4 Å². The molecule has 0 N–H and O–H groups in total. The Bertz CT molecular complexity index is 1170. The monoisotopic (exact) mass is 378 g/mol. The number of halogens is 2. The van der Waals surface area contributed by atoms with Crippen molar-refractivity contribution in [1.29, 1.82) is 0 Å². The summed E-state index contributed by atoms with van der Waals surface area (Å²) >= 11 is 5.96. The summed E-state index contributed by atoms with van der Waals surface area (Å²) in [6.45, 7) is 0.0873. The van der Waals surface area contributed by atoms with E-state index >= 15 is 0 Å². The lowest BCUT2D eigenvalue weighted by Gasteiger charge is -2.12. The quantitative estimate of drug-likeness (QED) is 0.510. The van der Waals surface area contributed by atoms with Crippen molar-refractivity contribution in [1.82, 2.24) is 9.78 Å². The molecule has 0 spiro atoms. The Morgan fingerprint density at radius 2 is 1.56 bits per heavy atom. The summed E-state index contributed by atoms with van der Waals surface area (Å²) in [5.74, 6) is -0.349. The van der Waals surface area contributed by atoms with E-state index in [1.165, 1.54) is 10.7 Å². The highest BCUT2D eigenvalue weighted by atomic mass is 35.5. The highest BCUT2D eigenvalue weighted by molar-refractivity contribution is 6.30. The maximum absolute atomic E-state index is 14.1. The first-order chi connectivity index (χ1) is 13.1. The van der Waals surface area contributed by atoms with Gasteiger partial charge in [-0.15, -0.1) is 0 Å². The topological polar surface area (TPSA) is 34.9 Å². The van der Waals surface area contributed by atoms with Crippen LogP contribution in [-0.2, 0) is 13.0 Å². The molecular weight excluding hydrogens is 363 g/mol. The first-order valence-corrected chi connectivity index (χ1v) is 8.96. The molecule has 3 nitrogen and oxygen atoms in total. The lowest BCUT2D eigenvalue weighted by atomic mass is 10.0. The summed E-state index contributed by atoms with van der Waals surface area (Å²) in [6.07, 6.45) is 0.551. The Balaban J connectivity index is 1.83. The molecule has 5 heteroatoms. The third-order valence-corrected chi connectivity index (χ3v) is 4.76. The van der Waals surface area contributed by atoms with E-state index < -0.39 is 0 Å². The van der Waals surface area contributed by atoms with E-state index in [0.29, 0.717) is 22.4 Å². The minimum absolute atomic E-state index is 0.0873. The van der Waals surface area contributed by atoms with E-state index in [2.05, 4.69) is 5.10 Å². The summed E-state index contributed by atoms with van der Waals surface area (Å²) in [5.41, 5.74) is 2.01. The van der Waals surface area contributed by atoms with E-state index in [1.54, 1.807) is 24.3 Å². The molecule has 134 valence electrons. The van der Waals surface area contributed by atoms with Crippen molar-refractivity contribution in [2.45, 2.75) is 13.0 Å². The van der Waals surface area contributed by atoms with Crippen LogP contribution in [0.4, 0.5) is 4.39 Å². The largest absolute Gasteiger partial charge is 0.274 e. The van der Waals surface area contributed by atoms with E-state index in [0.717, 1.165) is 16.6 Å². The maximum Gasteiger partial charge on any atom is 0.274 e. The number of benzene rings is 3. The van der Waals surface area contributed by atoms with Gasteiger partial charge in [-0.1, -0.05) is 60.1 Å². The molecule has 4 aromatic rings. The summed E-state index contributed by atoms with van der Waals surface area (Å²) in [5, 5.41) is 6.61. The number of aromatic nitrogens is 2. The third-order valence-electron chi connectivity index (χ3n) is 4.51. The molecular formula is C22H16ClFN2O. The zero-order valence-electron chi connectivity index (χ0n) is 14.4. The minimum Gasteiger partial charge on any atom is -0.267 e. The Labute approximate surface area is 160 Å². The van der Waals surface area contributed by atoms with Gasteiger partial charge in [0.1, 0.15) is 5.82 Å². The molecule has 0 atom stereocenters. The van der Waals surface area contributed by atoms with Crippen LogP contribution in [0.2, 0.25) is 5.02 Å². The molecule has 0 unspecified atom stereocenters. The van der Waals surface area contributed by atoms with E-state index in [9.17, 15) is 9.18 Å². The van der Waals surface area contributed by atoms with Gasteiger partial charge in [0, 0.05) is 22.4 Å². The second kappa shape index (κ2) is 7.33. The standard InChI is InChI=1S/C22H16ClFN2O/c23-17-11-9-15(10-12-17)13-21-18-6-2-3-7-19(18)22(27)26(25-21)14-16-5-1-4-8-20(16)24/h1-12H,13-14H2. The fraction of sp³-hybridized carbons (Fsp3) is 0.0909. The van der Waals surface area contributed by atoms with Crippen molar-refractivity contribution < 1.29 is 4.39 Å². The van der Waals surface area contributed by atoms with Gasteiger partial charge in [-0.2, -0.15) is 5.10 Å². The highest BCUT2D eigenvalue weighted by Gasteiger charge is 2.12. The Morgan fingerprint density at radius 1 is 0.889 bits per heavy atom. The van der Waals surface area contributed by atoms with Gasteiger partial charge in [0.25, 0.3) is 5.56 Å². The summed E-state index contributed by atoms with van der Waals surface area (Å²) < 4.78 is 15.4. The average molecular weight is 379 g/mol. The lowest BCUT2D eigenvalue weighted by Crippen LogP contribution is -2.25. The lowest BCUT2D eigenvalue weighted by molar-refractivity contribution is 0.570. The molecule has 27 heavy (non-hydrogen) atoms. The van der Waals surface area contributed by atoms with E-state index in [-0.39, 0.29) is 17.9 Å². The summed E-state index contributed by atoms with van der Waals surface area (Å²) in [7, 11) is 0. The van der Waals surface area contributed by atoms with Crippen molar-refractivity contribution in [2.24, 2.45) is 0 Å². The molecule has 1 aromatic heterocycles. The molecule has 0 saturated heterocycles. The Morgan fingerprint density at radius 3 is 2.30 bits per heavy atom. The molecule has 0 bridgehead atoms. The summed E-state index contributed by atoms with van der Waals surface area (Å²) in [6, 6.07) is 21.3. The van der Waals surface area contributed by atoms with Crippen LogP contribution in [0.25, 0.3) is 10.8 Å². The number of fused-ring (bicyclic) bond motifs is 1. The van der Waals surface area contributed by atoms with Crippen LogP contribution >= 0.6 is 11.6 Å². The summed E-state index contributed by atoms with van der Waals surface area (Å²) in [4.78, 5) is 12.9. The molecule has 0 aliphatic carbocycles. The van der Waals surface area contributed by atoms with Gasteiger partial charge in [0.05, 0.1) is 17.6 Å². The van der Waals surface area contributed by atoms with Crippen molar-refractivity contribution in [3.8, 4) is 0 Å². The molecule has 1 heterocycles. The molecule has 0 amide bonds. The Kier molecular flexibility index (Phi) is 4.73. The first-order valence-electron chi connectivity index (χ1n) is 8.58. The van der Waals surface area contributed by atoms with Crippen LogP contribution in [0, 0.1) is 5.82 Å². The minimum atomic E-state index is -0.349. The van der Waals surface area contributed by atoms with Crippen LogP contribution in [0.1, 0.15) is 16.8 Å². The molecule has 0 fully saturated rings. The molecule has 0 radical (unpaired) electrons. The van der Waals surface area contributed by atoms with Gasteiger partial charge >= 0.3 is 0 Å². The third kappa shape index (κ3) is 3.62. The van der Waals surface area contributed by atoms with E-state index in [4.69, 9.17) is 11.6 Å². The number of hydrogen-bond acceptors (Lipinski definition) is 2. The number of rotatable bonds is 4. The fourth-order valence-corrected chi connectivity index (χ4v) is 3.25. The molecule has 0 saturated carbocycles. The molecule has 3 aromatic carbocycles. The Hall–Kier alpha value is -2.98. The second-order valence-corrected chi connectivity index (χ2v) is 6.79. The van der Waals surface area contributed by atoms with Gasteiger partial charge in [-0.25, -0.2) is 9.07 Å². The van der Waals surface area contributed by atoms with Crippen LogP contribution in [0.3, 0.4) is 0 Å². The number of nitrogens with zero attached hydrogens (tertiary/aromatic N) is 2. The van der Waals surface area contributed by atoms with E-state index in [1.807, 2.05) is 42.5 Å². The zero-order chi connectivity index (χ0) is 18.8. The van der Waals surface area contributed by atoms with Gasteiger partial charge in [-0.05, 0) is 29.8 Å². The van der Waals surface area contributed by atoms with Gasteiger partial charge in [-0.3, -0.25) is 4.79 Å². The SMILES string of the molecule is O=c1c2ccccc2c(Cc2ccc(Cl)cc2)nn1Cc1ccccc1F. The maximum atomic E-state index is 14.1. The van der Waals surface area contributed by atoms with Gasteiger partial charge < -0.3 is 0 Å². The predicted octanol–water partition coefficient (Wildman–Crippen LogP) is 4.83. The fourth-order valence-electron chi connectivity index (χ4n) is 3.13. The first kappa shape index (κ1) is 17.4. The number of hydrogen-bond donors (Lipinski definition) is 0. The van der Waals surface area contributed by atoms with Crippen molar-refractivity contribution in [3.63, 3.8) is 0 Å². The molecule has 4 rings (SSSR count). The predicted molar refractivity (Wildman–Crippen MR) is 106 cm³/mol. The van der Waals surface area contributed by atoms with Crippen LogP contribution < -0.4 is 5.56 Å². The van der Waals surface area contributed by atoms with Gasteiger partial charge in [0.15, 0.2) is 0 Å². The van der Waals surface area contributed by atoms with Crippen molar-refractivity contribution in [2.75, 3.05) is 0 Å². The van der Waals surface area contributed by atoms with Crippen LogP contribution in [-0.4, -0.2) is 9.78 Å². The van der Waals surface area contributed by atoms with Gasteiger partial charge in [0.2, 0.25) is 0 Å². The highest BCUT2D eigenvalue weighted by Crippen LogP contribution is 2.19. The molecule has 0 aliphatic heterocycles.